The van der Waals surface area contributed by atoms with Crippen LogP contribution >= 0.6 is 0 Å². The SMILES string of the molecule is CC(C)c1cc2c(=O)c(-c3ccc4c(c3)OCCO4)coc2cc1OCC(=O)O. The molecule has 0 aliphatic carbocycles. The van der Waals surface area contributed by atoms with E-state index in [0.29, 0.717) is 52.6 Å². The van der Waals surface area contributed by atoms with Gasteiger partial charge in [0.25, 0.3) is 0 Å². The van der Waals surface area contributed by atoms with Gasteiger partial charge in [-0.05, 0) is 35.2 Å². The molecule has 7 nitrogen and oxygen atoms in total. The Morgan fingerprint density at radius 2 is 1.90 bits per heavy atom. The molecule has 0 saturated carbocycles. The minimum absolute atomic E-state index is 0.0283. The molecule has 3 aromatic rings. The average molecular weight is 396 g/mol. The summed E-state index contributed by atoms with van der Waals surface area (Å²) in [4.78, 5) is 24.0. The Kier molecular flexibility index (Phi) is 4.88. The van der Waals surface area contributed by atoms with Crippen LogP contribution in [-0.2, 0) is 4.79 Å². The van der Waals surface area contributed by atoms with E-state index in [1.54, 1.807) is 30.3 Å². The van der Waals surface area contributed by atoms with Gasteiger partial charge in [-0.15, -0.1) is 0 Å². The van der Waals surface area contributed by atoms with Crippen molar-refractivity contribution in [1.82, 2.24) is 0 Å². The van der Waals surface area contributed by atoms with Crippen LogP contribution in [0.25, 0.3) is 22.1 Å². The fraction of sp³-hybridized carbons (Fsp3) is 0.273. The third kappa shape index (κ3) is 3.63. The molecule has 0 saturated heterocycles. The van der Waals surface area contributed by atoms with Gasteiger partial charge in [-0.3, -0.25) is 4.79 Å². The molecule has 0 atom stereocenters. The number of benzene rings is 2. The second kappa shape index (κ2) is 7.50. The first kappa shape index (κ1) is 18.9. The molecule has 0 unspecified atom stereocenters. The molecule has 150 valence electrons. The number of carboxylic acids is 1. The summed E-state index contributed by atoms with van der Waals surface area (Å²) in [7, 11) is 0. The molecule has 0 amide bonds. The normalized spacial score (nSPS) is 12.9. The third-order valence-electron chi connectivity index (χ3n) is 4.73. The maximum absolute atomic E-state index is 13.2. The maximum atomic E-state index is 13.2. The van der Waals surface area contributed by atoms with Gasteiger partial charge in [0, 0.05) is 6.07 Å². The molecule has 7 heteroatoms. The minimum atomic E-state index is -1.07. The maximum Gasteiger partial charge on any atom is 0.341 e. The van der Waals surface area contributed by atoms with Crippen LogP contribution < -0.4 is 19.6 Å². The van der Waals surface area contributed by atoms with Gasteiger partial charge in [-0.2, -0.15) is 0 Å². The summed E-state index contributed by atoms with van der Waals surface area (Å²) in [6.07, 6.45) is 1.39. The summed E-state index contributed by atoms with van der Waals surface area (Å²) in [6.45, 7) is 4.38. The van der Waals surface area contributed by atoms with E-state index in [9.17, 15) is 9.59 Å². The zero-order chi connectivity index (χ0) is 20.5. The van der Waals surface area contributed by atoms with Crippen molar-refractivity contribution >= 4 is 16.9 Å². The van der Waals surface area contributed by atoms with Crippen LogP contribution in [0.4, 0.5) is 0 Å². The predicted octanol–water partition coefficient (Wildman–Crippen LogP) is 3.82. The van der Waals surface area contributed by atoms with E-state index in [1.165, 1.54) is 6.26 Å². The zero-order valence-corrected chi connectivity index (χ0v) is 16.1. The Labute approximate surface area is 166 Å². The molecule has 1 N–H and O–H groups in total. The largest absolute Gasteiger partial charge is 0.486 e. The first-order chi connectivity index (χ1) is 13.9. The van der Waals surface area contributed by atoms with Gasteiger partial charge in [-0.1, -0.05) is 19.9 Å². The summed E-state index contributed by atoms with van der Waals surface area (Å²) in [6, 6.07) is 8.61. The quantitative estimate of drug-likeness (QED) is 0.700. The van der Waals surface area contributed by atoms with Crippen LogP contribution in [0, 0.1) is 0 Å². The number of hydrogen-bond donors (Lipinski definition) is 1. The highest BCUT2D eigenvalue weighted by atomic mass is 16.6. The van der Waals surface area contributed by atoms with Crippen molar-refractivity contribution in [1.29, 1.82) is 0 Å². The molecule has 2 heterocycles. The van der Waals surface area contributed by atoms with Crippen molar-refractivity contribution in [2.45, 2.75) is 19.8 Å². The summed E-state index contributed by atoms with van der Waals surface area (Å²) in [5.74, 6) is 0.585. The number of ether oxygens (including phenoxy) is 3. The molecule has 1 aliphatic rings. The fourth-order valence-corrected chi connectivity index (χ4v) is 3.30. The summed E-state index contributed by atoms with van der Waals surface area (Å²) in [5, 5.41) is 9.30. The first-order valence-electron chi connectivity index (χ1n) is 9.28. The van der Waals surface area contributed by atoms with E-state index in [0.717, 1.165) is 5.56 Å². The summed E-state index contributed by atoms with van der Waals surface area (Å²) >= 11 is 0. The molecule has 0 fully saturated rings. The standard InChI is InChI=1S/C22H20O7/c1-12(2)14-8-15-19(9-18(14)29-11-21(23)24)28-10-16(22(15)25)13-3-4-17-20(7-13)27-6-5-26-17/h3-4,7-10,12H,5-6,11H2,1-2H3,(H,23,24). The molecule has 4 rings (SSSR count). The Balaban J connectivity index is 1.82. The molecule has 1 aliphatic heterocycles. The van der Waals surface area contributed by atoms with E-state index in [1.807, 2.05) is 13.8 Å². The molecule has 2 aromatic carbocycles. The van der Waals surface area contributed by atoms with E-state index in [4.69, 9.17) is 23.7 Å². The number of aliphatic carboxylic acids is 1. The third-order valence-corrected chi connectivity index (χ3v) is 4.73. The van der Waals surface area contributed by atoms with Crippen molar-refractivity contribution in [2.24, 2.45) is 0 Å². The highest BCUT2D eigenvalue weighted by molar-refractivity contribution is 5.84. The number of carboxylic acid groups (broad SMARTS) is 1. The van der Waals surface area contributed by atoms with Gasteiger partial charge in [-0.25, -0.2) is 4.79 Å². The van der Waals surface area contributed by atoms with Crippen molar-refractivity contribution in [3.05, 3.63) is 52.4 Å². The first-order valence-corrected chi connectivity index (χ1v) is 9.28. The lowest BCUT2D eigenvalue weighted by atomic mass is 9.98. The van der Waals surface area contributed by atoms with Gasteiger partial charge in [0.05, 0.1) is 10.9 Å². The Morgan fingerprint density at radius 1 is 1.14 bits per heavy atom. The van der Waals surface area contributed by atoms with Gasteiger partial charge >= 0.3 is 5.97 Å². The van der Waals surface area contributed by atoms with Crippen molar-refractivity contribution in [3.8, 4) is 28.4 Å². The average Bonchev–Trinajstić information content (AvgIpc) is 2.71. The smallest absolute Gasteiger partial charge is 0.341 e. The van der Waals surface area contributed by atoms with E-state index < -0.39 is 12.6 Å². The van der Waals surface area contributed by atoms with Crippen LogP contribution in [0.5, 0.6) is 17.2 Å². The summed E-state index contributed by atoms with van der Waals surface area (Å²) < 4.78 is 22.2. The molecule has 0 spiro atoms. The fourth-order valence-electron chi connectivity index (χ4n) is 3.30. The predicted molar refractivity (Wildman–Crippen MR) is 106 cm³/mol. The lowest BCUT2D eigenvalue weighted by molar-refractivity contribution is -0.139. The monoisotopic (exact) mass is 396 g/mol. The number of carbonyl (C=O) groups is 1. The van der Waals surface area contributed by atoms with Crippen molar-refractivity contribution in [3.63, 3.8) is 0 Å². The number of fused-ring (bicyclic) bond motifs is 2. The molecule has 29 heavy (non-hydrogen) atoms. The van der Waals surface area contributed by atoms with E-state index in [2.05, 4.69) is 0 Å². The molecule has 0 radical (unpaired) electrons. The topological polar surface area (TPSA) is 95.2 Å². The van der Waals surface area contributed by atoms with Crippen LogP contribution in [0.1, 0.15) is 25.3 Å². The molecule has 0 bridgehead atoms. The van der Waals surface area contributed by atoms with Gasteiger partial charge in [0.2, 0.25) is 5.43 Å². The number of rotatable bonds is 5. The Hall–Kier alpha value is -3.48. The molecule has 1 aromatic heterocycles. The van der Waals surface area contributed by atoms with Gasteiger partial charge < -0.3 is 23.7 Å². The van der Waals surface area contributed by atoms with Crippen molar-refractivity contribution < 1.29 is 28.5 Å². The second-order valence-corrected chi connectivity index (χ2v) is 7.06. The second-order valence-electron chi connectivity index (χ2n) is 7.06. The van der Waals surface area contributed by atoms with Crippen LogP contribution in [0.15, 0.2) is 45.8 Å². The molecular formula is C22H20O7. The summed E-state index contributed by atoms with van der Waals surface area (Å²) in [5.41, 5.74) is 1.96. The van der Waals surface area contributed by atoms with Gasteiger partial charge in [0.1, 0.15) is 30.8 Å². The lowest BCUT2D eigenvalue weighted by Crippen LogP contribution is -2.15. The van der Waals surface area contributed by atoms with Crippen molar-refractivity contribution in [2.75, 3.05) is 19.8 Å². The minimum Gasteiger partial charge on any atom is -0.486 e. The van der Waals surface area contributed by atoms with Crippen LogP contribution in [0.2, 0.25) is 0 Å². The van der Waals surface area contributed by atoms with E-state index >= 15 is 0 Å². The highest BCUT2D eigenvalue weighted by Gasteiger charge is 2.18. The van der Waals surface area contributed by atoms with Crippen LogP contribution in [-0.4, -0.2) is 30.9 Å². The highest BCUT2D eigenvalue weighted by Crippen LogP contribution is 2.35. The van der Waals surface area contributed by atoms with E-state index in [-0.39, 0.29) is 11.3 Å². The van der Waals surface area contributed by atoms with Crippen LogP contribution in [0.3, 0.4) is 0 Å². The lowest BCUT2D eigenvalue weighted by Gasteiger charge is -2.19. The molecular weight excluding hydrogens is 376 g/mol. The zero-order valence-electron chi connectivity index (χ0n) is 16.1. The Morgan fingerprint density at radius 3 is 2.62 bits per heavy atom. The number of hydrogen-bond acceptors (Lipinski definition) is 6. The Bertz CT molecular complexity index is 1140. The van der Waals surface area contributed by atoms with Gasteiger partial charge in [0.15, 0.2) is 18.1 Å².